The molecule has 0 aliphatic carbocycles. The fourth-order valence-electron chi connectivity index (χ4n) is 4.87. The number of anilines is 1. The van der Waals surface area contributed by atoms with Crippen LogP contribution in [0.4, 0.5) is 5.82 Å². The maximum absolute atomic E-state index is 13.2. The minimum Gasteiger partial charge on any atom is -0.396 e. The van der Waals surface area contributed by atoms with Gasteiger partial charge in [-0.2, -0.15) is 0 Å². The zero-order valence-corrected chi connectivity index (χ0v) is 20.1. The summed E-state index contributed by atoms with van der Waals surface area (Å²) in [5.74, 6) is 1.24. The predicted octanol–water partition coefficient (Wildman–Crippen LogP) is 3.34. The van der Waals surface area contributed by atoms with E-state index >= 15 is 0 Å². The third-order valence-electron chi connectivity index (χ3n) is 6.77. The number of carbonyl (C=O) groups excluding carboxylic acids is 1. The van der Waals surface area contributed by atoms with Crippen LogP contribution in [0, 0.1) is 11.8 Å². The van der Waals surface area contributed by atoms with Crippen molar-refractivity contribution in [2.45, 2.75) is 45.6 Å². The van der Waals surface area contributed by atoms with Crippen molar-refractivity contribution < 1.29 is 9.63 Å². The van der Waals surface area contributed by atoms with Crippen molar-refractivity contribution in [1.29, 1.82) is 0 Å². The molecule has 2 aromatic heterocycles. The SMILES string of the molecule is CCCO/N=C(/c1ccccn1)C1CCN(C(=O)C2CCN(Cc3ccnc(N)c3)CC2)CC1. The van der Waals surface area contributed by atoms with Crippen LogP contribution in [-0.4, -0.2) is 64.2 Å². The zero-order chi connectivity index (χ0) is 23.8. The highest BCUT2D eigenvalue weighted by molar-refractivity contribution is 6.00. The monoisotopic (exact) mass is 464 g/mol. The molecule has 8 heteroatoms. The van der Waals surface area contributed by atoms with Crippen LogP contribution in [0.1, 0.15) is 50.3 Å². The van der Waals surface area contributed by atoms with E-state index in [-0.39, 0.29) is 11.8 Å². The van der Waals surface area contributed by atoms with Gasteiger partial charge in [-0.1, -0.05) is 18.1 Å². The fourth-order valence-corrected chi connectivity index (χ4v) is 4.87. The van der Waals surface area contributed by atoms with Crippen LogP contribution < -0.4 is 5.73 Å². The summed E-state index contributed by atoms with van der Waals surface area (Å²) in [6.07, 6.45) is 8.05. The van der Waals surface area contributed by atoms with E-state index in [0.717, 1.165) is 76.2 Å². The molecule has 1 amide bonds. The highest BCUT2D eigenvalue weighted by Gasteiger charge is 2.32. The molecule has 0 saturated carbocycles. The Labute approximate surface area is 202 Å². The summed E-state index contributed by atoms with van der Waals surface area (Å²) >= 11 is 0. The van der Waals surface area contributed by atoms with Crippen molar-refractivity contribution in [3.05, 3.63) is 54.0 Å². The van der Waals surface area contributed by atoms with Crippen LogP contribution in [0.2, 0.25) is 0 Å². The fraction of sp³-hybridized carbons (Fsp3) is 0.538. The quantitative estimate of drug-likeness (QED) is 0.366. The molecule has 2 N–H and O–H groups in total. The summed E-state index contributed by atoms with van der Waals surface area (Å²) in [5, 5.41) is 4.45. The first-order valence-corrected chi connectivity index (χ1v) is 12.5. The van der Waals surface area contributed by atoms with E-state index in [1.807, 2.05) is 30.3 Å². The van der Waals surface area contributed by atoms with E-state index in [1.165, 1.54) is 5.56 Å². The highest BCUT2D eigenvalue weighted by Crippen LogP contribution is 2.26. The van der Waals surface area contributed by atoms with Gasteiger partial charge in [0.05, 0.1) is 5.69 Å². The van der Waals surface area contributed by atoms with Crippen molar-refractivity contribution in [3.63, 3.8) is 0 Å². The summed E-state index contributed by atoms with van der Waals surface area (Å²) in [6, 6.07) is 9.81. The van der Waals surface area contributed by atoms with Gasteiger partial charge in [0.25, 0.3) is 0 Å². The van der Waals surface area contributed by atoms with E-state index < -0.39 is 0 Å². The Bertz CT molecular complexity index is 951. The number of nitrogens with two attached hydrogens (primary N) is 1. The Kier molecular flexibility index (Phi) is 8.46. The molecule has 0 bridgehead atoms. The van der Waals surface area contributed by atoms with Gasteiger partial charge < -0.3 is 15.5 Å². The lowest BCUT2D eigenvalue weighted by atomic mass is 9.88. The summed E-state index contributed by atoms with van der Waals surface area (Å²) in [4.78, 5) is 31.8. The number of amides is 1. The van der Waals surface area contributed by atoms with Gasteiger partial charge in [-0.25, -0.2) is 4.98 Å². The number of rotatable bonds is 8. The average molecular weight is 465 g/mol. The molecule has 0 radical (unpaired) electrons. The maximum Gasteiger partial charge on any atom is 0.225 e. The second-order valence-corrected chi connectivity index (χ2v) is 9.26. The molecular formula is C26H36N6O2. The number of pyridine rings is 2. The lowest BCUT2D eigenvalue weighted by Crippen LogP contribution is -2.46. The number of oxime groups is 1. The molecule has 2 aliphatic rings. The van der Waals surface area contributed by atoms with E-state index in [9.17, 15) is 4.79 Å². The molecule has 0 aromatic carbocycles. The normalized spacial score (nSPS) is 18.7. The Morgan fingerprint density at radius 1 is 1.06 bits per heavy atom. The van der Waals surface area contributed by atoms with Crippen molar-refractivity contribution >= 4 is 17.4 Å². The van der Waals surface area contributed by atoms with E-state index in [2.05, 4.69) is 31.8 Å². The molecule has 182 valence electrons. The smallest absolute Gasteiger partial charge is 0.225 e. The second kappa shape index (κ2) is 11.9. The highest BCUT2D eigenvalue weighted by atomic mass is 16.6. The van der Waals surface area contributed by atoms with Crippen molar-refractivity contribution in [3.8, 4) is 0 Å². The number of likely N-dealkylation sites (tertiary alicyclic amines) is 2. The average Bonchev–Trinajstić information content (AvgIpc) is 2.87. The lowest BCUT2D eigenvalue weighted by molar-refractivity contribution is -0.138. The Balaban J connectivity index is 1.28. The molecular weight excluding hydrogens is 428 g/mol. The largest absolute Gasteiger partial charge is 0.396 e. The first kappa shape index (κ1) is 24.1. The standard InChI is InChI=1S/C26H36N6O2/c1-2-17-34-30-25(23-5-3-4-11-28-23)21-9-15-32(16-10-21)26(33)22-7-13-31(14-8-22)19-20-6-12-29-24(27)18-20/h3-6,11-12,18,21-22H,2,7-10,13-17,19H2,1H3,(H2,27,29)/b30-25+. The molecule has 0 unspecified atom stereocenters. The number of hydrogen-bond acceptors (Lipinski definition) is 7. The lowest BCUT2D eigenvalue weighted by Gasteiger charge is -2.37. The van der Waals surface area contributed by atoms with Crippen LogP contribution in [-0.2, 0) is 16.2 Å². The van der Waals surface area contributed by atoms with Gasteiger partial charge in [0.15, 0.2) is 0 Å². The predicted molar refractivity (Wildman–Crippen MR) is 133 cm³/mol. The van der Waals surface area contributed by atoms with Gasteiger partial charge >= 0.3 is 0 Å². The summed E-state index contributed by atoms with van der Waals surface area (Å²) in [7, 11) is 0. The number of nitrogens with zero attached hydrogens (tertiary/aromatic N) is 5. The topological polar surface area (TPSA) is 96.9 Å². The summed E-state index contributed by atoms with van der Waals surface area (Å²) < 4.78 is 0. The summed E-state index contributed by atoms with van der Waals surface area (Å²) in [6.45, 7) is 6.91. The Morgan fingerprint density at radius 2 is 1.82 bits per heavy atom. The van der Waals surface area contributed by atoms with Gasteiger partial charge in [-0.3, -0.25) is 14.7 Å². The molecule has 2 aliphatic heterocycles. The van der Waals surface area contributed by atoms with Crippen molar-refractivity contribution in [2.75, 3.05) is 38.5 Å². The number of piperidine rings is 2. The Hall–Kier alpha value is -3.00. The van der Waals surface area contributed by atoms with Gasteiger partial charge in [0.1, 0.15) is 18.1 Å². The first-order chi connectivity index (χ1) is 16.6. The molecule has 0 spiro atoms. The zero-order valence-electron chi connectivity index (χ0n) is 20.1. The van der Waals surface area contributed by atoms with Crippen LogP contribution in [0.25, 0.3) is 0 Å². The van der Waals surface area contributed by atoms with Crippen molar-refractivity contribution in [2.24, 2.45) is 17.0 Å². The minimum absolute atomic E-state index is 0.118. The van der Waals surface area contributed by atoms with Crippen LogP contribution in [0.5, 0.6) is 0 Å². The van der Waals surface area contributed by atoms with Gasteiger partial charge in [-0.05, 0) is 75.0 Å². The number of aromatic nitrogens is 2. The van der Waals surface area contributed by atoms with Gasteiger partial charge in [0.2, 0.25) is 5.91 Å². The molecule has 2 saturated heterocycles. The van der Waals surface area contributed by atoms with Gasteiger partial charge in [-0.15, -0.1) is 0 Å². The van der Waals surface area contributed by atoms with Crippen LogP contribution in [0.3, 0.4) is 0 Å². The molecule has 4 heterocycles. The van der Waals surface area contributed by atoms with Crippen LogP contribution in [0.15, 0.2) is 47.9 Å². The maximum atomic E-state index is 13.2. The number of hydrogen-bond donors (Lipinski definition) is 1. The molecule has 2 fully saturated rings. The third-order valence-corrected chi connectivity index (χ3v) is 6.77. The number of carbonyl (C=O) groups is 1. The Morgan fingerprint density at radius 3 is 2.50 bits per heavy atom. The van der Waals surface area contributed by atoms with Crippen molar-refractivity contribution in [1.82, 2.24) is 19.8 Å². The second-order valence-electron chi connectivity index (χ2n) is 9.26. The third kappa shape index (κ3) is 6.32. The molecule has 0 atom stereocenters. The molecule has 4 rings (SSSR count). The molecule has 8 nitrogen and oxygen atoms in total. The molecule has 34 heavy (non-hydrogen) atoms. The van der Waals surface area contributed by atoms with E-state index in [4.69, 9.17) is 10.6 Å². The van der Waals surface area contributed by atoms with E-state index in [0.29, 0.717) is 18.3 Å². The minimum atomic E-state index is 0.118. The van der Waals surface area contributed by atoms with E-state index in [1.54, 1.807) is 12.4 Å². The molecule has 2 aromatic rings. The van der Waals surface area contributed by atoms with Gasteiger partial charge in [0, 0.05) is 43.9 Å². The first-order valence-electron chi connectivity index (χ1n) is 12.5. The summed E-state index contributed by atoms with van der Waals surface area (Å²) in [5.41, 5.74) is 8.75. The van der Waals surface area contributed by atoms with Crippen LogP contribution >= 0.6 is 0 Å². The number of nitrogen functional groups attached to an aromatic ring is 1.